The van der Waals surface area contributed by atoms with E-state index in [0.717, 1.165) is 88.4 Å². The normalized spacial score (nSPS) is 20.9. The number of hydrogen-bond acceptors (Lipinski definition) is 8. The average Bonchev–Trinajstić information content (AvgIpc) is 3.04. The van der Waals surface area contributed by atoms with Gasteiger partial charge in [-0.1, -0.05) is 32.1 Å². The Morgan fingerprint density at radius 2 is 1.72 bits per heavy atom. The highest BCUT2D eigenvalue weighted by molar-refractivity contribution is 5.97. The molecule has 2 amide bonds. The van der Waals surface area contributed by atoms with E-state index in [2.05, 4.69) is 10.2 Å². The summed E-state index contributed by atoms with van der Waals surface area (Å²) in [6.45, 7) is 2.50. The smallest absolute Gasteiger partial charge is 0.414 e. The number of likely N-dealkylation sites (tertiary alicyclic amines) is 1. The fraction of sp³-hybridized carbons (Fsp3) is 0.697. The van der Waals surface area contributed by atoms with E-state index in [1.807, 2.05) is 35.0 Å². The summed E-state index contributed by atoms with van der Waals surface area (Å²) in [6.07, 6.45) is 15.1. The van der Waals surface area contributed by atoms with Crippen molar-refractivity contribution in [3.05, 3.63) is 23.8 Å². The molecule has 1 aromatic rings. The van der Waals surface area contributed by atoms with Gasteiger partial charge in [0, 0.05) is 38.2 Å². The third-order valence-corrected chi connectivity index (χ3v) is 9.46. The van der Waals surface area contributed by atoms with Crippen LogP contribution in [0.3, 0.4) is 0 Å². The van der Waals surface area contributed by atoms with Gasteiger partial charge in [0.2, 0.25) is 11.9 Å². The molecule has 1 aromatic carbocycles. The molecule has 0 bridgehead atoms. The number of nitrogens with one attached hydrogen (secondary N) is 1. The van der Waals surface area contributed by atoms with Crippen molar-refractivity contribution in [3.8, 4) is 5.75 Å². The van der Waals surface area contributed by atoms with Crippen molar-refractivity contribution in [1.29, 1.82) is 0 Å². The van der Waals surface area contributed by atoms with Gasteiger partial charge in [-0.25, -0.2) is 9.79 Å². The molecule has 3 fully saturated rings. The number of guanidine groups is 1. The van der Waals surface area contributed by atoms with Gasteiger partial charge in [0.15, 0.2) is 6.29 Å². The summed E-state index contributed by atoms with van der Waals surface area (Å²) in [7, 11) is 1.93. The van der Waals surface area contributed by atoms with Gasteiger partial charge in [-0.15, -0.1) is 0 Å². The van der Waals surface area contributed by atoms with E-state index in [4.69, 9.17) is 14.5 Å². The molecule has 2 aliphatic carbocycles. The van der Waals surface area contributed by atoms with E-state index < -0.39 is 12.3 Å². The Morgan fingerprint density at radius 1 is 1.02 bits per heavy atom. The lowest BCUT2D eigenvalue weighted by molar-refractivity contribution is -0.132. The lowest BCUT2D eigenvalue weighted by Gasteiger charge is -2.41. The number of amides is 2. The summed E-state index contributed by atoms with van der Waals surface area (Å²) in [6, 6.07) is 6.08. The zero-order valence-corrected chi connectivity index (χ0v) is 25.8. The first kappa shape index (κ1) is 31.3. The largest absolute Gasteiger partial charge is 0.494 e. The zero-order valence-electron chi connectivity index (χ0n) is 25.8. The number of nitrogens with zero attached hydrogens (tertiary/aromatic N) is 4. The van der Waals surface area contributed by atoms with Crippen molar-refractivity contribution in [2.75, 3.05) is 26.7 Å². The van der Waals surface area contributed by atoms with E-state index in [1.165, 1.54) is 25.7 Å². The molecule has 10 nitrogen and oxygen atoms in total. The highest BCUT2D eigenvalue weighted by atomic mass is 16.6. The van der Waals surface area contributed by atoms with Crippen LogP contribution in [-0.4, -0.2) is 84.0 Å². The molecular formula is C33H49N5O5. The molecule has 1 N–H and O–H groups in total. The van der Waals surface area contributed by atoms with E-state index in [9.17, 15) is 14.4 Å². The molecule has 1 unspecified atom stereocenters. The summed E-state index contributed by atoms with van der Waals surface area (Å²) in [4.78, 5) is 48.8. The van der Waals surface area contributed by atoms with Gasteiger partial charge in [0.05, 0.1) is 18.8 Å². The van der Waals surface area contributed by atoms with E-state index in [1.54, 1.807) is 0 Å². The van der Waals surface area contributed by atoms with Crippen molar-refractivity contribution in [2.24, 2.45) is 4.99 Å². The molecule has 236 valence electrons. The zero-order chi connectivity index (χ0) is 30.0. The first-order valence-electron chi connectivity index (χ1n) is 16.6. The molecule has 1 saturated heterocycles. The number of piperidine rings is 1. The Bertz CT molecular complexity index is 1120. The second kappa shape index (κ2) is 15.5. The van der Waals surface area contributed by atoms with Crippen LogP contribution in [0.1, 0.15) is 102 Å². The van der Waals surface area contributed by atoms with Crippen molar-refractivity contribution < 1.29 is 23.9 Å². The van der Waals surface area contributed by atoms with E-state index in [-0.39, 0.29) is 12.0 Å². The Balaban J connectivity index is 1.22. The number of alkyl carbamates (subject to hydrolysis) is 1. The third-order valence-electron chi connectivity index (χ3n) is 9.46. The van der Waals surface area contributed by atoms with E-state index >= 15 is 0 Å². The molecule has 0 aromatic heterocycles. The van der Waals surface area contributed by atoms with Crippen molar-refractivity contribution in [2.45, 2.75) is 121 Å². The number of rotatable bonds is 10. The fourth-order valence-corrected chi connectivity index (χ4v) is 6.90. The van der Waals surface area contributed by atoms with Gasteiger partial charge >= 0.3 is 6.09 Å². The van der Waals surface area contributed by atoms with Crippen LogP contribution in [0.25, 0.3) is 0 Å². The van der Waals surface area contributed by atoms with Crippen molar-refractivity contribution in [1.82, 2.24) is 20.0 Å². The molecule has 10 heteroatoms. The summed E-state index contributed by atoms with van der Waals surface area (Å²) >= 11 is 0. The minimum Gasteiger partial charge on any atom is -0.494 e. The number of carbonyl (C=O) groups is 3. The van der Waals surface area contributed by atoms with Crippen LogP contribution in [0, 0.1) is 0 Å². The maximum Gasteiger partial charge on any atom is 0.414 e. The minimum atomic E-state index is -0.543. The van der Waals surface area contributed by atoms with Crippen LogP contribution in [0.4, 0.5) is 10.5 Å². The lowest BCUT2D eigenvalue weighted by Crippen LogP contribution is -2.57. The van der Waals surface area contributed by atoms with Gasteiger partial charge < -0.3 is 19.3 Å². The first-order valence-corrected chi connectivity index (χ1v) is 16.6. The number of benzene rings is 1. The van der Waals surface area contributed by atoms with E-state index in [0.29, 0.717) is 43.7 Å². The Hall–Kier alpha value is -3.14. The van der Waals surface area contributed by atoms with Gasteiger partial charge in [-0.3, -0.25) is 19.8 Å². The van der Waals surface area contributed by atoms with Crippen LogP contribution in [0.2, 0.25) is 0 Å². The molecule has 0 spiro atoms. The molecule has 43 heavy (non-hydrogen) atoms. The molecule has 2 aliphatic heterocycles. The standard InChI is InChI=1S/C33H49N5O5/c1-36(26-12-5-2-6-13-26)31(40)16-11-21-42-28-17-18-29-25(22-28)23-38(30(24-39)37-19-9-4-10-20-37)32(34-29)35-33(41)43-27-14-7-3-8-15-27/h17-18,22,24,26-27,30H,2-16,19-21,23H2,1H3,(H,34,35,41). The first-order chi connectivity index (χ1) is 21.0. The fourth-order valence-electron chi connectivity index (χ4n) is 6.90. The predicted molar refractivity (Wildman–Crippen MR) is 165 cm³/mol. The number of hydrogen-bond donors (Lipinski definition) is 1. The number of carbonyl (C=O) groups excluding carboxylic acids is 3. The van der Waals surface area contributed by atoms with Crippen LogP contribution >= 0.6 is 0 Å². The third kappa shape index (κ3) is 8.49. The molecule has 4 aliphatic rings. The van der Waals surface area contributed by atoms with Crippen molar-refractivity contribution >= 4 is 29.9 Å². The molecule has 0 radical (unpaired) electrons. The van der Waals surface area contributed by atoms with Crippen molar-refractivity contribution in [3.63, 3.8) is 0 Å². The van der Waals surface area contributed by atoms with Gasteiger partial charge in [-0.2, -0.15) is 0 Å². The maximum absolute atomic E-state index is 12.9. The predicted octanol–water partition coefficient (Wildman–Crippen LogP) is 5.51. The number of fused-ring (bicyclic) bond motifs is 1. The Labute approximate surface area is 256 Å². The van der Waals surface area contributed by atoms with Gasteiger partial charge in [-0.05, 0) is 76.0 Å². The molecule has 2 saturated carbocycles. The summed E-state index contributed by atoms with van der Waals surface area (Å²) in [5.74, 6) is 1.23. The van der Waals surface area contributed by atoms with Crippen LogP contribution in [-0.2, 0) is 20.9 Å². The van der Waals surface area contributed by atoms with Crippen LogP contribution < -0.4 is 10.1 Å². The minimum absolute atomic E-state index is 0.0784. The Morgan fingerprint density at radius 3 is 2.44 bits per heavy atom. The summed E-state index contributed by atoms with van der Waals surface area (Å²) in [5, 5.41) is 2.87. The molecule has 2 heterocycles. The number of aliphatic imine (C=N–C) groups is 1. The second-order valence-corrected chi connectivity index (χ2v) is 12.5. The molecule has 5 rings (SSSR count). The highest BCUT2D eigenvalue weighted by Gasteiger charge is 2.33. The lowest BCUT2D eigenvalue weighted by atomic mass is 9.94. The molecule has 1 atom stereocenters. The number of ether oxygens (including phenoxy) is 2. The summed E-state index contributed by atoms with van der Waals surface area (Å²) < 4.78 is 11.8. The maximum atomic E-state index is 12.9. The van der Waals surface area contributed by atoms with Crippen LogP contribution in [0.15, 0.2) is 23.2 Å². The van der Waals surface area contributed by atoms with Crippen LogP contribution in [0.5, 0.6) is 5.75 Å². The monoisotopic (exact) mass is 595 g/mol. The summed E-state index contributed by atoms with van der Waals surface area (Å²) in [5.41, 5.74) is 1.64. The SMILES string of the molecule is CN(C(=O)CCCOc1ccc2c(c1)CN(C(C=O)N1CCCCC1)C(NC(=O)OC1CCCCC1)=N2)C1CCCCC1. The number of aldehydes is 1. The van der Waals surface area contributed by atoms with Gasteiger partial charge in [0.25, 0.3) is 0 Å². The second-order valence-electron chi connectivity index (χ2n) is 12.5. The highest BCUT2D eigenvalue weighted by Crippen LogP contribution is 2.32. The average molecular weight is 596 g/mol. The Kier molecular flexibility index (Phi) is 11.3. The van der Waals surface area contributed by atoms with Gasteiger partial charge in [0.1, 0.15) is 18.0 Å². The molecular weight excluding hydrogens is 546 g/mol. The topological polar surface area (TPSA) is 104 Å². The quantitative estimate of drug-likeness (QED) is 0.281.